The summed E-state index contributed by atoms with van der Waals surface area (Å²) in [5.74, 6) is 3.13. The van der Waals surface area contributed by atoms with Crippen molar-refractivity contribution in [2.45, 2.75) is 13.3 Å². The van der Waals surface area contributed by atoms with Crippen LogP contribution in [0.5, 0.6) is 0 Å². The molecule has 4 heteroatoms. The molecule has 0 aliphatic carbocycles. The summed E-state index contributed by atoms with van der Waals surface area (Å²) in [6.45, 7) is 4.05. The number of rotatable bonds is 6. The van der Waals surface area contributed by atoms with Gasteiger partial charge in [-0.05, 0) is 37.3 Å². The van der Waals surface area contributed by atoms with Gasteiger partial charge in [0.2, 0.25) is 0 Å². The van der Waals surface area contributed by atoms with Gasteiger partial charge in [-0.1, -0.05) is 6.08 Å². The van der Waals surface area contributed by atoms with Crippen molar-refractivity contribution in [2.75, 3.05) is 31.2 Å². The molecule has 0 aromatic carbocycles. The maximum atomic E-state index is 10.9. The van der Waals surface area contributed by atoms with Crippen molar-refractivity contribution in [3.05, 3.63) is 12.2 Å². The molecule has 1 fully saturated rings. The van der Waals surface area contributed by atoms with E-state index in [4.69, 9.17) is 4.74 Å². The van der Waals surface area contributed by atoms with Crippen LogP contribution in [0.25, 0.3) is 0 Å². The molecule has 1 rings (SSSR count). The summed E-state index contributed by atoms with van der Waals surface area (Å²) >= 11 is 2.03. The lowest BCUT2D eigenvalue weighted by Gasteiger charge is -2.07. The third kappa shape index (κ3) is 5.85. The van der Waals surface area contributed by atoms with Gasteiger partial charge >= 0.3 is 5.97 Å². The number of carbonyl (C=O) groups is 1. The lowest BCUT2D eigenvalue weighted by molar-refractivity contribution is -0.137. The molecule has 0 bridgehead atoms. The van der Waals surface area contributed by atoms with Crippen LogP contribution >= 0.6 is 11.8 Å². The summed E-state index contributed by atoms with van der Waals surface area (Å²) in [5.41, 5.74) is 0. The molecule has 1 aliphatic heterocycles. The number of ether oxygens (including phenoxy) is 1. The predicted octanol–water partition coefficient (Wildman–Crippen LogP) is 1.45. The molecule has 0 amide bonds. The second-order valence-electron chi connectivity index (χ2n) is 3.54. The third-order valence-electron chi connectivity index (χ3n) is 2.26. The molecule has 0 radical (unpaired) electrons. The Morgan fingerprint density at radius 1 is 1.67 bits per heavy atom. The van der Waals surface area contributed by atoms with E-state index in [9.17, 15) is 4.79 Å². The van der Waals surface area contributed by atoms with Crippen LogP contribution in [0.4, 0.5) is 0 Å². The van der Waals surface area contributed by atoms with Crippen LogP contribution in [0, 0.1) is 5.92 Å². The Morgan fingerprint density at radius 2 is 2.53 bits per heavy atom. The van der Waals surface area contributed by atoms with E-state index >= 15 is 0 Å². The van der Waals surface area contributed by atoms with E-state index in [0.717, 1.165) is 19.0 Å². The van der Waals surface area contributed by atoms with Gasteiger partial charge in [-0.2, -0.15) is 11.8 Å². The van der Waals surface area contributed by atoms with Crippen molar-refractivity contribution in [3.63, 3.8) is 0 Å². The van der Waals surface area contributed by atoms with Gasteiger partial charge in [0.05, 0.1) is 6.61 Å². The number of thioether (sulfide) groups is 1. The fourth-order valence-electron chi connectivity index (χ4n) is 1.46. The van der Waals surface area contributed by atoms with E-state index < -0.39 is 0 Å². The van der Waals surface area contributed by atoms with Gasteiger partial charge in [-0.25, -0.2) is 4.79 Å². The molecule has 1 N–H and O–H groups in total. The Hall–Kier alpha value is -0.480. The second-order valence-corrected chi connectivity index (χ2v) is 4.69. The molecule has 1 heterocycles. The molecule has 1 atom stereocenters. The monoisotopic (exact) mass is 229 g/mol. The molecule has 0 saturated carbocycles. The summed E-state index contributed by atoms with van der Waals surface area (Å²) in [7, 11) is 0. The Kier molecular flexibility index (Phi) is 6.52. The maximum Gasteiger partial charge on any atom is 0.330 e. The minimum absolute atomic E-state index is 0.254. The second kappa shape index (κ2) is 7.77. The predicted molar refractivity (Wildman–Crippen MR) is 64.1 cm³/mol. The van der Waals surface area contributed by atoms with Crippen LogP contribution < -0.4 is 5.32 Å². The fourth-order valence-corrected chi connectivity index (χ4v) is 2.75. The van der Waals surface area contributed by atoms with E-state index in [1.807, 2.05) is 24.8 Å². The van der Waals surface area contributed by atoms with E-state index in [1.54, 1.807) is 0 Å². The zero-order chi connectivity index (χ0) is 10.9. The first-order valence-electron chi connectivity index (χ1n) is 5.44. The number of hydrogen-bond acceptors (Lipinski definition) is 4. The van der Waals surface area contributed by atoms with E-state index in [2.05, 4.69) is 5.32 Å². The third-order valence-corrected chi connectivity index (χ3v) is 3.49. The van der Waals surface area contributed by atoms with Gasteiger partial charge in [0, 0.05) is 12.6 Å². The van der Waals surface area contributed by atoms with Crippen molar-refractivity contribution in [1.29, 1.82) is 0 Å². The van der Waals surface area contributed by atoms with Crippen molar-refractivity contribution >= 4 is 17.7 Å². The van der Waals surface area contributed by atoms with Gasteiger partial charge in [-0.15, -0.1) is 0 Å². The van der Waals surface area contributed by atoms with Gasteiger partial charge in [0.1, 0.15) is 0 Å². The Labute approximate surface area is 95.6 Å². The number of nitrogens with one attached hydrogen (secondary N) is 1. The normalized spacial score (nSPS) is 21.0. The highest BCUT2D eigenvalue weighted by Gasteiger charge is 2.13. The van der Waals surface area contributed by atoms with Crippen LogP contribution in [0.3, 0.4) is 0 Å². The summed E-state index contributed by atoms with van der Waals surface area (Å²) < 4.78 is 4.77. The van der Waals surface area contributed by atoms with Gasteiger partial charge in [0.15, 0.2) is 0 Å². The molecule has 0 aromatic heterocycles. The molecule has 1 saturated heterocycles. The molecular weight excluding hydrogens is 210 g/mol. The lowest BCUT2D eigenvalue weighted by atomic mass is 10.1. The first-order valence-corrected chi connectivity index (χ1v) is 6.60. The highest BCUT2D eigenvalue weighted by atomic mass is 32.2. The molecule has 86 valence electrons. The highest BCUT2D eigenvalue weighted by molar-refractivity contribution is 7.99. The fraction of sp³-hybridized carbons (Fsp3) is 0.727. The SMILES string of the molecule is CCOC(=O)/C=C/CNCC1CCSC1. The van der Waals surface area contributed by atoms with Crippen LogP contribution in [0.1, 0.15) is 13.3 Å². The van der Waals surface area contributed by atoms with E-state index in [-0.39, 0.29) is 5.97 Å². The van der Waals surface area contributed by atoms with Gasteiger partial charge in [-0.3, -0.25) is 0 Å². The summed E-state index contributed by atoms with van der Waals surface area (Å²) in [6, 6.07) is 0. The van der Waals surface area contributed by atoms with E-state index in [0.29, 0.717) is 6.61 Å². The molecule has 1 unspecified atom stereocenters. The number of esters is 1. The minimum Gasteiger partial charge on any atom is -0.463 e. The van der Waals surface area contributed by atoms with Crippen LogP contribution in [-0.4, -0.2) is 37.2 Å². The number of carbonyl (C=O) groups excluding carboxylic acids is 1. The van der Waals surface area contributed by atoms with Gasteiger partial charge < -0.3 is 10.1 Å². The van der Waals surface area contributed by atoms with Crippen molar-refractivity contribution < 1.29 is 9.53 Å². The van der Waals surface area contributed by atoms with Crippen molar-refractivity contribution in [3.8, 4) is 0 Å². The molecule has 3 nitrogen and oxygen atoms in total. The summed E-state index contributed by atoms with van der Waals surface area (Å²) in [5, 5.41) is 3.32. The molecule has 1 aliphatic rings. The van der Waals surface area contributed by atoms with Crippen molar-refractivity contribution in [1.82, 2.24) is 5.32 Å². The molecule has 0 spiro atoms. The molecular formula is C11H19NO2S. The minimum atomic E-state index is -0.254. The molecule has 0 aromatic rings. The van der Waals surface area contributed by atoms with Crippen LogP contribution in [0.2, 0.25) is 0 Å². The smallest absolute Gasteiger partial charge is 0.330 e. The largest absolute Gasteiger partial charge is 0.463 e. The van der Waals surface area contributed by atoms with E-state index in [1.165, 1.54) is 24.0 Å². The Morgan fingerprint density at radius 3 is 3.20 bits per heavy atom. The average Bonchev–Trinajstić information content (AvgIpc) is 2.70. The lowest BCUT2D eigenvalue weighted by Crippen LogP contribution is -2.22. The summed E-state index contributed by atoms with van der Waals surface area (Å²) in [6.07, 6.45) is 4.62. The highest BCUT2D eigenvalue weighted by Crippen LogP contribution is 2.22. The number of hydrogen-bond donors (Lipinski definition) is 1. The topological polar surface area (TPSA) is 38.3 Å². The van der Waals surface area contributed by atoms with Gasteiger partial charge in [0.25, 0.3) is 0 Å². The maximum absolute atomic E-state index is 10.9. The van der Waals surface area contributed by atoms with Crippen molar-refractivity contribution in [2.24, 2.45) is 5.92 Å². The molecule has 15 heavy (non-hydrogen) atoms. The standard InChI is InChI=1S/C11H19NO2S/c1-2-14-11(13)4-3-6-12-8-10-5-7-15-9-10/h3-4,10,12H,2,5-9H2,1H3/b4-3+. The van der Waals surface area contributed by atoms with Crippen LogP contribution in [-0.2, 0) is 9.53 Å². The first-order chi connectivity index (χ1) is 7.33. The summed E-state index contributed by atoms with van der Waals surface area (Å²) in [4.78, 5) is 10.9. The quantitative estimate of drug-likeness (QED) is 0.425. The Balaban J connectivity index is 1.97. The zero-order valence-corrected chi connectivity index (χ0v) is 10.0. The zero-order valence-electron chi connectivity index (χ0n) is 9.20. The van der Waals surface area contributed by atoms with Crippen LogP contribution in [0.15, 0.2) is 12.2 Å². The average molecular weight is 229 g/mol. The first kappa shape index (κ1) is 12.6. The Bertz CT molecular complexity index is 213.